The minimum atomic E-state index is -3.83. The second-order valence-electron chi connectivity index (χ2n) is 5.31. The van der Waals surface area contributed by atoms with Crippen molar-refractivity contribution in [1.29, 1.82) is 0 Å². The first-order valence-electron chi connectivity index (χ1n) is 7.50. The first-order valence-corrected chi connectivity index (χ1v) is 9.80. The monoisotopic (exact) mass is 389 g/mol. The molecule has 0 aliphatic carbocycles. The molecule has 1 heterocycles. The van der Waals surface area contributed by atoms with Crippen LogP contribution in [0.2, 0.25) is 0 Å². The predicted octanol–water partition coefficient (Wildman–Crippen LogP) is 3.92. The van der Waals surface area contributed by atoms with Crippen molar-refractivity contribution >= 4 is 33.0 Å². The van der Waals surface area contributed by atoms with Crippen LogP contribution in [-0.2, 0) is 10.0 Å². The number of hydrogen-bond acceptors (Lipinski definition) is 5. The Bertz CT molecular complexity index is 1040. The molecule has 0 radical (unpaired) electrons. The van der Waals surface area contributed by atoms with Crippen LogP contribution < -0.4 is 9.46 Å². The number of rotatable bonds is 6. The first-order chi connectivity index (χ1) is 12.4. The molecule has 1 aromatic heterocycles. The standard InChI is InChI=1S/C18H15NO5S2/c1-24-15-11-13(18(20)21)7-8-14(15)19-26(22,23)17-10-9-16(25-17)12-5-3-2-4-6-12/h2-11,19H,1H3,(H,20,21). The fourth-order valence-electron chi connectivity index (χ4n) is 2.33. The van der Waals surface area contributed by atoms with E-state index < -0.39 is 16.0 Å². The van der Waals surface area contributed by atoms with Crippen LogP contribution in [0, 0.1) is 0 Å². The molecule has 0 saturated carbocycles. The van der Waals surface area contributed by atoms with Crippen LogP contribution in [0.1, 0.15) is 10.4 Å². The molecule has 2 N–H and O–H groups in total. The molecule has 0 aliphatic rings. The lowest BCUT2D eigenvalue weighted by Gasteiger charge is -2.11. The highest BCUT2D eigenvalue weighted by Crippen LogP contribution is 2.33. The molecule has 6 nitrogen and oxygen atoms in total. The van der Waals surface area contributed by atoms with Crippen molar-refractivity contribution < 1.29 is 23.1 Å². The number of thiophene rings is 1. The van der Waals surface area contributed by atoms with Gasteiger partial charge in [0.1, 0.15) is 9.96 Å². The molecule has 2 aromatic carbocycles. The summed E-state index contributed by atoms with van der Waals surface area (Å²) >= 11 is 1.15. The third kappa shape index (κ3) is 3.71. The third-order valence-corrected chi connectivity index (χ3v) is 6.59. The molecule has 8 heteroatoms. The van der Waals surface area contributed by atoms with Gasteiger partial charge in [0.15, 0.2) is 0 Å². The van der Waals surface area contributed by atoms with Gasteiger partial charge in [0.25, 0.3) is 10.0 Å². The van der Waals surface area contributed by atoms with E-state index in [0.29, 0.717) is 0 Å². The SMILES string of the molecule is COc1cc(C(=O)O)ccc1NS(=O)(=O)c1ccc(-c2ccccc2)s1. The lowest BCUT2D eigenvalue weighted by molar-refractivity contribution is 0.0696. The molecule has 26 heavy (non-hydrogen) atoms. The lowest BCUT2D eigenvalue weighted by Crippen LogP contribution is -2.12. The Morgan fingerprint density at radius 2 is 1.81 bits per heavy atom. The maximum absolute atomic E-state index is 12.7. The van der Waals surface area contributed by atoms with Crippen LogP contribution in [0.25, 0.3) is 10.4 Å². The number of ether oxygens (including phenoxy) is 1. The van der Waals surface area contributed by atoms with E-state index in [4.69, 9.17) is 9.84 Å². The van der Waals surface area contributed by atoms with Crippen LogP contribution in [-0.4, -0.2) is 26.6 Å². The second kappa shape index (κ2) is 7.19. The Labute approximate surface area is 154 Å². The summed E-state index contributed by atoms with van der Waals surface area (Å²) in [5.41, 5.74) is 1.11. The molecule has 0 unspecified atom stereocenters. The smallest absolute Gasteiger partial charge is 0.335 e. The quantitative estimate of drug-likeness (QED) is 0.666. The summed E-state index contributed by atoms with van der Waals surface area (Å²) in [5.74, 6) is -0.989. The van der Waals surface area contributed by atoms with Crippen LogP contribution in [0.15, 0.2) is 64.9 Å². The van der Waals surface area contributed by atoms with Gasteiger partial charge in [-0.2, -0.15) is 0 Å². The van der Waals surface area contributed by atoms with E-state index in [-0.39, 0.29) is 21.2 Å². The Balaban J connectivity index is 1.90. The molecule has 0 saturated heterocycles. The van der Waals surface area contributed by atoms with Crippen molar-refractivity contribution in [3.63, 3.8) is 0 Å². The number of methoxy groups -OCH3 is 1. The number of benzene rings is 2. The molecule has 0 atom stereocenters. The highest BCUT2D eigenvalue weighted by Gasteiger charge is 2.20. The van der Waals surface area contributed by atoms with Gasteiger partial charge in [0.05, 0.1) is 18.4 Å². The Morgan fingerprint density at radius 1 is 1.08 bits per heavy atom. The van der Waals surface area contributed by atoms with Gasteiger partial charge in [-0.25, -0.2) is 13.2 Å². The number of anilines is 1. The van der Waals surface area contributed by atoms with Crippen LogP contribution in [0.3, 0.4) is 0 Å². The largest absolute Gasteiger partial charge is 0.495 e. The third-order valence-electron chi connectivity index (χ3n) is 3.60. The summed E-state index contributed by atoms with van der Waals surface area (Å²) in [5, 5.41) is 9.02. The molecule has 0 fully saturated rings. The second-order valence-corrected chi connectivity index (χ2v) is 8.30. The zero-order valence-corrected chi connectivity index (χ0v) is 15.3. The molecule has 3 aromatic rings. The highest BCUT2D eigenvalue weighted by atomic mass is 32.2. The van der Waals surface area contributed by atoms with Crippen LogP contribution >= 0.6 is 11.3 Å². The normalized spacial score (nSPS) is 11.1. The number of carboxylic acids is 1. The van der Waals surface area contributed by atoms with Crippen molar-refractivity contribution in [3.8, 4) is 16.2 Å². The summed E-state index contributed by atoms with van der Waals surface area (Å²) in [6, 6.07) is 16.7. The maximum Gasteiger partial charge on any atom is 0.335 e. The molecule has 0 aliphatic heterocycles. The van der Waals surface area contributed by atoms with Crippen molar-refractivity contribution in [1.82, 2.24) is 0 Å². The first kappa shape index (κ1) is 18.0. The van der Waals surface area contributed by atoms with Gasteiger partial charge in [-0.15, -0.1) is 11.3 Å². The number of carboxylic acid groups (broad SMARTS) is 1. The van der Waals surface area contributed by atoms with Gasteiger partial charge < -0.3 is 9.84 Å². The van der Waals surface area contributed by atoms with E-state index >= 15 is 0 Å². The zero-order chi connectivity index (χ0) is 18.7. The zero-order valence-electron chi connectivity index (χ0n) is 13.7. The average Bonchev–Trinajstić information content (AvgIpc) is 3.13. The van der Waals surface area contributed by atoms with Crippen molar-refractivity contribution in [2.75, 3.05) is 11.8 Å². The van der Waals surface area contributed by atoms with Crippen molar-refractivity contribution in [2.24, 2.45) is 0 Å². The van der Waals surface area contributed by atoms with Crippen LogP contribution in [0.5, 0.6) is 5.75 Å². The highest BCUT2D eigenvalue weighted by molar-refractivity contribution is 7.94. The fourth-order valence-corrected chi connectivity index (χ4v) is 4.71. The summed E-state index contributed by atoms with van der Waals surface area (Å²) in [6.07, 6.45) is 0. The number of aromatic carboxylic acids is 1. The lowest BCUT2D eigenvalue weighted by atomic mass is 10.2. The Kier molecular flexibility index (Phi) is 4.97. The summed E-state index contributed by atoms with van der Waals surface area (Å²) in [4.78, 5) is 11.9. The maximum atomic E-state index is 12.7. The summed E-state index contributed by atoms with van der Waals surface area (Å²) in [7, 11) is -2.48. The molecular weight excluding hydrogens is 374 g/mol. The molecule has 0 spiro atoms. The van der Waals surface area contributed by atoms with Gasteiger partial charge in [0.2, 0.25) is 0 Å². The molecule has 3 rings (SSSR count). The molecular formula is C18H15NO5S2. The Hall–Kier alpha value is -2.84. The number of sulfonamides is 1. The molecule has 0 bridgehead atoms. The van der Waals surface area contributed by atoms with Gasteiger partial charge in [-0.1, -0.05) is 30.3 Å². The van der Waals surface area contributed by atoms with E-state index in [0.717, 1.165) is 21.8 Å². The van der Waals surface area contributed by atoms with Crippen molar-refractivity contribution in [3.05, 3.63) is 66.2 Å². The van der Waals surface area contributed by atoms with Crippen molar-refractivity contribution in [2.45, 2.75) is 4.21 Å². The number of nitrogens with one attached hydrogen (secondary N) is 1. The van der Waals surface area contributed by atoms with Crippen LogP contribution in [0.4, 0.5) is 5.69 Å². The average molecular weight is 389 g/mol. The number of carbonyl (C=O) groups is 1. The summed E-state index contributed by atoms with van der Waals surface area (Å²) in [6.45, 7) is 0. The predicted molar refractivity (Wildman–Crippen MR) is 101 cm³/mol. The minimum absolute atomic E-state index is 0.00675. The molecule has 134 valence electrons. The fraction of sp³-hybridized carbons (Fsp3) is 0.0556. The van der Waals surface area contributed by atoms with Gasteiger partial charge in [-0.3, -0.25) is 4.72 Å². The van der Waals surface area contributed by atoms with E-state index in [1.165, 1.54) is 31.4 Å². The molecule has 0 amide bonds. The van der Waals surface area contributed by atoms with E-state index in [1.54, 1.807) is 6.07 Å². The van der Waals surface area contributed by atoms with Gasteiger partial charge in [-0.05, 0) is 35.9 Å². The van der Waals surface area contributed by atoms with Gasteiger partial charge in [0, 0.05) is 4.88 Å². The topological polar surface area (TPSA) is 92.7 Å². The van der Waals surface area contributed by atoms with E-state index in [1.807, 2.05) is 30.3 Å². The van der Waals surface area contributed by atoms with E-state index in [9.17, 15) is 13.2 Å². The minimum Gasteiger partial charge on any atom is -0.495 e. The van der Waals surface area contributed by atoms with E-state index in [2.05, 4.69) is 4.72 Å². The Morgan fingerprint density at radius 3 is 2.46 bits per heavy atom. The summed E-state index contributed by atoms with van der Waals surface area (Å²) < 4.78 is 33.0. The number of hydrogen-bond donors (Lipinski definition) is 2. The van der Waals surface area contributed by atoms with Gasteiger partial charge >= 0.3 is 5.97 Å².